The van der Waals surface area contributed by atoms with Gasteiger partial charge in [-0.25, -0.2) is 29.5 Å². The number of pyridine rings is 2. The summed E-state index contributed by atoms with van der Waals surface area (Å²) in [6.45, 7) is 5.83. The first kappa shape index (κ1) is 27.3. The number of rotatable bonds is 3. The number of hydrogen-bond donors (Lipinski definition) is 2. The lowest BCUT2D eigenvalue weighted by molar-refractivity contribution is -0.208. The topological polar surface area (TPSA) is 139 Å². The SMILES string of the molecule is CC(C)(C)OC(=O)NC1=NC(C)(c2nc(NC(=O)c3ccc(C#N)cn3)ccc2F)CC(C(F)(F)F)O1. The van der Waals surface area contributed by atoms with E-state index in [1.54, 1.807) is 20.8 Å². The first-order chi connectivity index (χ1) is 17.1. The lowest BCUT2D eigenvalue weighted by atomic mass is 9.89. The van der Waals surface area contributed by atoms with Crippen molar-refractivity contribution in [2.75, 3.05) is 5.32 Å². The second kappa shape index (κ2) is 10.00. The number of nitrogens with zero attached hydrogens (tertiary/aromatic N) is 4. The Morgan fingerprint density at radius 1 is 1.19 bits per heavy atom. The van der Waals surface area contributed by atoms with Crippen LogP contribution in [0, 0.1) is 17.1 Å². The Morgan fingerprint density at radius 3 is 2.46 bits per heavy atom. The minimum Gasteiger partial charge on any atom is -0.452 e. The number of aliphatic imine (C=N–C) groups is 1. The lowest BCUT2D eigenvalue weighted by Gasteiger charge is -2.36. The van der Waals surface area contributed by atoms with Crippen LogP contribution in [-0.4, -0.2) is 45.9 Å². The van der Waals surface area contributed by atoms with Gasteiger partial charge < -0.3 is 14.8 Å². The Bertz CT molecular complexity index is 1270. The quantitative estimate of drug-likeness (QED) is 0.577. The monoisotopic (exact) mass is 522 g/mol. The van der Waals surface area contributed by atoms with Crippen LogP contribution in [0.25, 0.3) is 0 Å². The normalized spacial score (nSPS) is 19.6. The molecule has 2 unspecified atom stereocenters. The van der Waals surface area contributed by atoms with Gasteiger partial charge in [-0.3, -0.25) is 4.79 Å². The zero-order chi connectivity index (χ0) is 27.6. The fourth-order valence-electron chi connectivity index (χ4n) is 3.28. The fourth-order valence-corrected chi connectivity index (χ4v) is 3.28. The molecule has 0 aliphatic carbocycles. The molecule has 0 saturated carbocycles. The van der Waals surface area contributed by atoms with Crippen LogP contribution in [0.3, 0.4) is 0 Å². The number of nitrogens with one attached hydrogen (secondary N) is 2. The molecular formula is C23H22F4N6O4. The summed E-state index contributed by atoms with van der Waals surface area (Å²) in [7, 11) is 0. The first-order valence-electron chi connectivity index (χ1n) is 10.8. The molecule has 0 saturated heterocycles. The van der Waals surface area contributed by atoms with Crippen LogP contribution < -0.4 is 10.6 Å². The summed E-state index contributed by atoms with van der Waals surface area (Å²) in [6, 6.07) is 5.68. The number of anilines is 1. The van der Waals surface area contributed by atoms with Gasteiger partial charge in [0.25, 0.3) is 11.9 Å². The molecule has 2 amide bonds. The van der Waals surface area contributed by atoms with Gasteiger partial charge >= 0.3 is 12.3 Å². The van der Waals surface area contributed by atoms with Crippen LogP contribution in [-0.2, 0) is 15.0 Å². The lowest BCUT2D eigenvalue weighted by Crippen LogP contribution is -2.49. The number of alkyl halides is 3. The molecule has 2 atom stereocenters. The average molecular weight is 522 g/mol. The van der Waals surface area contributed by atoms with Crippen LogP contribution in [0.2, 0.25) is 0 Å². The molecule has 0 spiro atoms. The fraction of sp³-hybridized carbons (Fsp3) is 0.391. The molecule has 10 nitrogen and oxygen atoms in total. The number of alkyl carbamates (subject to hydrolysis) is 1. The van der Waals surface area contributed by atoms with Crippen LogP contribution >= 0.6 is 0 Å². The van der Waals surface area contributed by atoms with Gasteiger partial charge in [-0.15, -0.1) is 0 Å². The highest BCUT2D eigenvalue weighted by Crippen LogP contribution is 2.40. The van der Waals surface area contributed by atoms with E-state index in [4.69, 9.17) is 14.7 Å². The Morgan fingerprint density at radius 2 is 1.89 bits per heavy atom. The van der Waals surface area contributed by atoms with Gasteiger partial charge in [0.05, 0.1) is 5.56 Å². The van der Waals surface area contributed by atoms with Crippen LogP contribution in [0.15, 0.2) is 35.5 Å². The minimum atomic E-state index is -4.89. The summed E-state index contributed by atoms with van der Waals surface area (Å²) in [5.74, 6) is -1.95. The standard InChI is InChI=1S/C23H22F4N6O4/c1-21(2,3)37-20(35)32-19-33-22(4,9-15(36-19)23(25,26)27)17-13(24)6-8-16(30-17)31-18(34)14-7-5-12(10-28)11-29-14/h5-8,11,15H,9H2,1-4H3,(H,30,31,34)(H,32,33,35). The molecule has 1 aliphatic rings. The second-order valence-electron chi connectivity index (χ2n) is 9.19. The number of aromatic nitrogens is 2. The molecule has 0 fully saturated rings. The first-order valence-corrected chi connectivity index (χ1v) is 10.8. The zero-order valence-electron chi connectivity index (χ0n) is 20.1. The van der Waals surface area contributed by atoms with Gasteiger partial charge in [0.1, 0.15) is 40.2 Å². The Hall–Kier alpha value is -4.28. The van der Waals surface area contributed by atoms with Crippen molar-refractivity contribution in [1.82, 2.24) is 15.3 Å². The minimum absolute atomic E-state index is 0.0806. The van der Waals surface area contributed by atoms with Gasteiger partial charge in [-0.05, 0) is 52.0 Å². The summed E-state index contributed by atoms with van der Waals surface area (Å²) in [5.41, 5.74) is -3.31. The third-order valence-electron chi connectivity index (χ3n) is 4.88. The summed E-state index contributed by atoms with van der Waals surface area (Å²) in [6.07, 6.45) is -8.16. The molecule has 0 radical (unpaired) electrons. The summed E-state index contributed by atoms with van der Waals surface area (Å²) in [5, 5.41) is 13.2. The molecule has 2 aromatic rings. The van der Waals surface area contributed by atoms with Gasteiger partial charge in [0.15, 0.2) is 6.10 Å². The van der Waals surface area contributed by atoms with E-state index in [0.29, 0.717) is 0 Å². The molecule has 2 N–H and O–H groups in total. The van der Waals surface area contributed by atoms with E-state index >= 15 is 0 Å². The zero-order valence-corrected chi connectivity index (χ0v) is 20.1. The summed E-state index contributed by atoms with van der Waals surface area (Å²) in [4.78, 5) is 36.4. The maximum atomic E-state index is 14.9. The number of nitriles is 1. The van der Waals surface area contributed by atoms with Crippen molar-refractivity contribution in [2.45, 2.75) is 57.5 Å². The van der Waals surface area contributed by atoms with E-state index < -0.39 is 59.4 Å². The van der Waals surface area contributed by atoms with Gasteiger partial charge in [-0.1, -0.05) is 0 Å². The van der Waals surface area contributed by atoms with Crippen molar-refractivity contribution >= 4 is 23.8 Å². The maximum Gasteiger partial charge on any atom is 0.425 e. The third kappa shape index (κ3) is 6.90. The molecule has 37 heavy (non-hydrogen) atoms. The van der Waals surface area contributed by atoms with Crippen molar-refractivity contribution in [1.29, 1.82) is 5.26 Å². The number of halogens is 4. The third-order valence-corrected chi connectivity index (χ3v) is 4.88. The maximum absolute atomic E-state index is 14.9. The average Bonchev–Trinajstić information content (AvgIpc) is 2.78. The smallest absolute Gasteiger partial charge is 0.425 e. The number of hydrogen-bond acceptors (Lipinski definition) is 8. The number of amides is 2. The van der Waals surface area contributed by atoms with E-state index in [-0.39, 0.29) is 17.1 Å². The second-order valence-corrected chi connectivity index (χ2v) is 9.19. The molecule has 196 valence electrons. The molecule has 14 heteroatoms. The van der Waals surface area contributed by atoms with E-state index in [0.717, 1.165) is 12.1 Å². The Labute approximate surface area is 208 Å². The van der Waals surface area contributed by atoms with Gasteiger partial charge in [0.2, 0.25) is 0 Å². The summed E-state index contributed by atoms with van der Waals surface area (Å²) < 4.78 is 65.7. The molecular weight excluding hydrogens is 500 g/mol. The molecule has 0 aromatic carbocycles. The van der Waals surface area contributed by atoms with E-state index in [1.165, 1.54) is 25.3 Å². The van der Waals surface area contributed by atoms with Crippen molar-refractivity contribution in [3.05, 3.63) is 53.2 Å². The van der Waals surface area contributed by atoms with Gasteiger partial charge in [0, 0.05) is 12.6 Å². The van der Waals surface area contributed by atoms with E-state index in [1.807, 2.05) is 11.4 Å². The highest BCUT2D eigenvalue weighted by Gasteiger charge is 2.51. The highest BCUT2D eigenvalue weighted by atomic mass is 19.4. The van der Waals surface area contributed by atoms with Crippen molar-refractivity contribution in [3.63, 3.8) is 0 Å². The number of carbonyl (C=O) groups is 2. The molecule has 3 rings (SSSR count). The van der Waals surface area contributed by atoms with Crippen molar-refractivity contribution < 1.29 is 36.6 Å². The number of ether oxygens (including phenoxy) is 2. The van der Waals surface area contributed by atoms with E-state index in [9.17, 15) is 27.2 Å². The number of carbonyl (C=O) groups excluding carboxylic acids is 2. The van der Waals surface area contributed by atoms with Crippen molar-refractivity contribution in [3.8, 4) is 6.07 Å². The Kier molecular flexibility index (Phi) is 7.38. The van der Waals surface area contributed by atoms with Crippen LogP contribution in [0.4, 0.5) is 28.2 Å². The number of amidine groups is 1. The highest BCUT2D eigenvalue weighted by molar-refractivity contribution is 6.02. The van der Waals surface area contributed by atoms with Gasteiger partial charge in [-0.2, -0.15) is 18.4 Å². The molecule has 3 heterocycles. The summed E-state index contributed by atoms with van der Waals surface area (Å²) >= 11 is 0. The Balaban J connectivity index is 1.94. The van der Waals surface area contributed by atoms with Crippen molar-refractivity contribution in [2.24, 2.45) is 4.99 Å². The largest absolute Gasteiger partial charge is 0.452 e. The van der Waals surface area contributed by atoms with Crippen LogP contribution in [0.1, 0.15) is 55.9 Å². The van der Waals surface area contributed by atoms with E-state index in [2.05, 4.69) is 20.3 Å². The molecule has 1 aliphatic heterocycles. The predicted octanol–water partition coefficient (Wildman–Crippen LogP) is 4.19. The molecule has 0 bridgehead atoms. The molecule has 2 aromatic heterocycles. The predicted molar refractivity (Wildman–Crippen MR) is 121 cm³/mol. The van der Waals surface area contributed by atoms with Crippen LogP contribution in [0.5, 0.6) is 0 Å².